The summed E-state index contributed by atoms with van der Waals surface area (Å²) in [6, 6.07) is 15.3. The maximum atomic E-state index is 12.4. The Hall–Kier alpha value is -2.24. The first kappa shape index (κ1) is 19.5. The fourth-order valence-electron chi connectivity index (χ4n) is 2.89. The summed E-state index contributed by atoms with van der Waals surface area (Å²) in [6.45, 7) is 0.844. The van der Waals surface area contributed by atoms with E-state index < -0.39 is 5.97 Å². The first-order valence-corrected chi connectivity index (χ1v) is 10.2. The van der Waals surface area contributed by atoms with E-state index in [-0.39, 0.29) is 18.1 Å². The van der Waals surface area contributed by atoms with Crippen molar-refractivity contribution in [3.8, 4) is 0 Å². The number of rotatable bonds is 5. The Balaban J connectivity index is 1.56. The first-order valence-electron chi connectivity index (χ1n) is 8.61. The highest BCUT2D eigenvalue weighted by molar-refractivity contribution is 7.98. The molecule has 0 fully saturated rings. The van der Waals surface area contributed by atoms with E-state index in [1.54, 1.807) is 17.0 Å². The van der Waals surface area contributed by atoms with E-state index in [2.05, 4.69) is 18.2 Å². The molecule has 0 aromatic heterocycles. The second-order valence-electron chi connectivity index (χ2n) is 6.11. The minimum atomic E-state index is -0.582. The standard InChI is InChI=1S/C21H20ClNO3S/c1-27-17-7-8-19(22)18(13-17)21(25)26-14-20(24)23-11-9-16(10-12-23)15-5-3-2-4-6-15/h2-9,13H,10-12,14H2,1H3. The lowest BCUT2D eigenvalue weighted by Gasteiger charge is -2.26. The Bertz CT molecular complexity index is 867. The van der Waals surface area contributed by atoms with Crippen LogP contribution >= 0.6 is 23.4 Å². The van der Waals surface area contributed by atoms with Crippen LogP contribution in [-0.4, -0.2) is 42.7 Å². The van der Waals surface area contributed by atoms with Crippen LogP contribution in [0, 0.1) is 0 Å². The van der Waals surface area contributed by atoms with Crippen LogP contribution < -0.4 is 0 Å². The highest BCUT2D eigenvalue weighted by Gasteiger charge is 2.20. The van der Waals surface area contributed by atoms with Gasteiger partial charge < -0.3 is 9.64 Å². The Morgan fingerprint density at radius 2 is 1.96 bits per heavy atom. The van der Waals surface area contributed by atoms with E-state index in [9.17, 15) is 9.59 Å². The molecule has 4 nitrogen and oxygen atoms in total. The van der Waals surface area contributed by atoms with Crippen molar-refractivity contribution in [3.05, 3.63) is 70.8 Å². The highest BCUT2D eigenvalue weighted by Crippen LogP contribution is 2.24. The molecule has 2 aromatic carbocycles. The smallest absolute Gasteiger partial charge is 0.340 e. The number of nitrogens with zero attached hydrogens (tertiary/aromatic N) is 1. The van der Waals surface area contributed by atoms with Crippen molar-refractivity contribution in [1.82, 2.24) is 4.90 Å². The van der Waals surface area contributed by atoms with Crippen molar-refractivity contribution in [2.24, 2.45) is 0 Å². The third-order valence-corrected chi connectivity index (χ3v) is 5.48. The number of esters is 1. The first-order chi connectivity index (χ1) is 13.1. The summed E-state index contributed by atoms with van der Waals surface area (Å²) in [5.41, 5.74) is 2.69. The molecule has 1 heterocycles. The van der Waals surface area contributed by atoms with Crippen molar-refractivity contribution < 1.29 is 14.3 Å². The van der Waals surface area contributed by atoms with E-state index in [4.69, 9.17) is 16.3 Å². The number of halogens is 1. The van der Waals surface area contributed by atoms with Gasteiger partial charge in [0.25, 0.3) is 5.91 Å². The Labute approximate surface area is 168 Å². The number of carbonyl (C=O) groups excluding carboxylic acids is 2. The van der Waals surface area contributed by atoms with Gasteiger partial charge in [0.05, 0.1) is 10.6 Å². The third-order valence-electron chi connectivity index (χ3n) is 4.43. The van der Waals surface area contributed by atoms with Crippen LogP contribution in [-0.2, 0) is 9.53 Å². The van der Waals surface area contributed by atoms with Crippen LogP contribution in [0.2, 0.25) is 5.02 Å². The SMILES string of the molecule is CSc1ccc(Cl)c(C(=O)OCC(=O)N2CC=C(c3ccccc3)CC2)c1. The molecule has 0 aliphatic carbocycles. The molecule has 2 aromatic rings. The molecule has 6 heteroatoms. The average Bonchev–Trinajstić information content (AvgIpc) is 2.73. The van der Waals surface area contributed by atoms with Gasteiger partial charge in [-0.05, 0) is 42.0 Å². The van der Waals surface area contributed by atoms with Gasteiger partial charge in [-0.15, -0.1) is 11.8 Å². The summed E-state index contributed by atoms with van der Waals surface area (Å²) in [5.74, 6) is -0.786. The molecule has 0 unspecified atom stereocenters. The van der Waals surface area contributed by atoms with Gasteiger partial charge in [0.1, 0.15) is 0 Å². The lowest BCUT2D eigenvalue weighted by molar-refractivity contribution is -0.134. The third kappa shape index (κ3) is 4.93. The molecule has 1 aliphatic heterocycles. The molecule has 1 amide bonds. The van der Waals surface area contributed by atoms with Crippen LogP contribution in [0.1, 0.15) is 22.3 Å². The molecular weight excluding hydrogens is 382 g/mol. The Morgan fingerprint density at radius 1 is 1.19 bits per heavy atom. The fourth-order valence-corrected chi connectivity index (χ4v) is 3.53. The molecule has 0 atom stereocenters. The minimum absolute atomic E-state index is 0.205. The van der Waals surface area contributed by atoms with Crippen LogP contribution in [0.3, 0.4) is 0 Å². The number of ether oxygens (including phenoxy) is 1. The largest absolute Gasteiger partial charge is 0.452 e. The Kier molecular flexibility index (Phi) is 6.58. The topological polar surface area (TPSA) is 46.6 Å². The normalized spacial score (nSPS) is 13.9. The second kappa shape index (κ2) is 9.11. The monoisotopic (exact) mass is 401 g/mol. The second-order valence-corrected chi connectivity index (χ2v) is 7.39. The molecule has 0 spiro atoms. The van der Waals surface area contributed by atoms with E-state index in [1.165, 1.54) is 22.9 Å². The lowest BCUT2D eigenvalue weighted by Crippen LogP contribution is -2.37. The van der Waals surface area contributed by atoms with Crippen LogP contribution in [0.15, 0.2) is 59.5 Å². The van der Waals surface area contributed by atoms with Gasteiger partial charge in [0, 0.05) is 18.0 Å². The van der Waals surface area contributed by atoms with Crippen molar-refractivity contribution in [2.45, 2.75) is 11.3 Å². The predicted molar refractivity (Wildman–Crippen MR) is 109 cm³/mol. The zero-order chi connectivity index (χ0) is 19.2. The number of hydrogen-bond acceptors (Lipinski definition) is 4. The van der Waals surface area contributed by atoms with Gasteiger partial charge in [0.15, 0.2) is 6.61 Å². The van der Waals surface area contributed by atoms with Gasteiger partial charge in [0.2, 0.25) is 0 Å². The quantitative estimate of drug-likeness (QED) is 0.545. The minimum Gasteiger partial charge on any atom is -0.452 e. The molecule has 0 radical (unpaired) electrons. The Morgan fingerprint density at radius 3 is 2.63 bits per heavy atom. The summed E-state index contributed by atoms with van der Waals surface area (Å²) in [4.78, 5) is 27.2. The summed E-state index contributed by atoms with van der Waals surface area (Å²) < 4.78 is 5.19. The van der Waals surface area contributed by atoms with Crippen molar-refractivity contribution in [1.29, 1.82) is 0 Å². The van der Waals surface area contributed by atoms with Gasteiger partial charge >= 0.3 is 5.97 Å². The van der Waals surface area contributed by atoms with Crippen LogP contribution in [0.4, 0.5) is 0 Å². The number of thioether (sulfide) groups is 1. The predicted octanol–water partition coefficient (Wildman–Crippen LogP) is 4.53. The summed E-state index contributed by atoms with van der Waals surface area (Å²) in [7, 11) is 0. The number of amides is 1. The molecule has 0 saturated heterocycles. The molecule has 140 valence electrons. The van der Waals surface area contributed by atoms with Crippen LogP contribution in [0.5, 0.6) is 0 Å². The van der Waals surface area contributed by atoms with Crippen molar-refractivity contribution >= 4 is 40.8 Å². The molecule has 0 N–H and O–H groups in total. The van der Waals surface area contributed by atoms with Gasteiger partial charge in [-0.2, -0.15) is 0 Å². The fraction of sp³-hybridized carbons (Fsp3) is 0.238. The molecule has 0 bridgehead atoms. The van der Waals surface area contributed by atoms with E-state index in [1.807, 2.05) is 30.5 Å². The zero-order valence-corrected chi connectivity index (χ0v) is 16.6. The maximum absolute atomic E-state index is 12.4. The molecule has 0 saturated carbocycles. The maximum Gasteiger partial charge on any atom is 0.340 e. The molecule has 27 heavy (non-hydrogen) atoms. The van der Waals surface area contributed by atoms with Gasteiger partial charge in [-0.3, -0.25) is 4.79 Å². The van der Waals surface area contributed by atoms with Crippen LogP contribution in [0.25, 0.3) is 5.57 Å². The van der Waals surface area contributed by atoms with E-state index >= 15 is 0 Å². The molecule has 1 aliphatic rings. The summed E-state index contributed by atoms with van der Waals surface area (Å²) >= 11 is 7.58. The summed E-state index contributed by atoms with van der Waals surface area (Å²) in [5, 5.41) is 0.318. The zero-order valence-electron chi connectivity index (χ0n) is 15.0. The number of benzene rings is 2. The summed E-state index contributed by atoms with van der Waals surface area (Å²) in [6.07, 6.45) is 4.75. The van der Waals surface area contributed by atoms with Crippen molar-refractivity contribution in [3.63, 3.8) is 0 Å². The average molecular weight is 402 g/mol. The molecular formula is C21H20ClNO3S. The number of carbonyl (C=O) groups is 2. The highest BCUT2D eigenvalue weighted by atomic mass is 35.5. The van der Waals surface area contributed by atoms with Crippen molar-refractivity contribution in [2.75, 3.05) is 26.0 Å². The lowest BCUT2D eigenvalue weighted by atomic mass is 10.00. The number of hydrogen-bond donors (Lipinski definition) is 0. The van der Waals surface area contributed by atoms with Gasteiger partial charge in [-0.1, -0.05) is 48.0 Å². The van der Waals surface area contributed by atoms with Gasteiger partial charge in [-0.25, -0.2) is 4.79 Å². The van der Waals surface area contributed by atoms with E-state index in [0.717, 1.165) is 11.3 Å². The molecule has 3 rings (SSSR count). The van der Waals surface area contributed by atoms with E-state index in [0.29, 0.717) is 18.1 Å².